The number of hydrogen-bond acceptors (Lipinski definition) is 4. The van der Waals surface area contributed by atoms with Crippen LogP contribution in [0.1, 0.15) is 25.7 Å². The van der Waals surface area contributed by atoms with Crippen molar-refractivity contribution in [1.29, 1.82) is 0 Å². The summed E-state index contributed by atoms with van der Waals surface area (Å²) < 4.78 is 11.3. The van der Waals surface area contributed by atoms with E-state index in [1.54, 1.807) is 0 Å². The first-order valence-electron chi connectivity index (χ1n) is 8.36. The Morgan fingerprint density at radius 3 is 2.75 bits per heavy atom. The molecule has 7 heteroatoms. The maximum Gasteiger partial charge on any atom is 0.322 e. The number of primary amides is 1. The van der Waals surface area contributed by atoms with E-state index in [9.17, 15) is 9.59 Å². The number of rotatable bonds is 4. The molecular weight excluding hydrogens is 310 g/mol. The number of para-hydroxylation sites is 2. The van der Waals surface area contributed by atoms with Gasteiger partial charge in [0.25, 0.3) is 0 Å². The Hall–Kier alpha value is -2.28. The molecule has 2 fully saturated rings. The van der Waals surface area contributed by atoms with Crippen molar-refractivity contribution in [2.24, 2.45) is 5.73 Å². The molecule has 2 aliphatic rings. The number of morpholine rings is 1. The summed E-state index contributed by atoms with van der Waals surface area (Å²) in [5, 5.41) is 2.87. The normalized spacial score (nSPS) is 21.5. The highest BCUT2D eigenvalue weighted by Gasteiger charge is 2.28. The van der Waals surface area contributed by atoms with Crippen LogP contribution in [0, 0.1) is 0 Å². The van der Waals surface area contributed by atoms with Gasteiger partial charge in [-0.15, -0.1) is 0 Å². The van der Waals surface area contributed by atoms with Gasteiger partial charge < -0.3 is 25.4 Å². The van der Waals surface area contributed by atoms with Crippen LogP contribution in [0.25, 0.3) is 0 Å². The molecule has 3 N–H and O–H groups in total. The van der Waals surface area contributed by atoms with Crippen LogP contribution in [0.3, 0.4) is 0 Å². The fourth-order valence-corrected chi connectivity index (χ4v) is 3.06. The molecule has 1 aliphatic carbocycles. The third kappa shape index (κ3) is 3.97. The van der Waals surface area contributed by atoms with Gasteiger partial charge in [-0.1, -0.05) is 12.1 Å². The van der Waals surface area contributed by atoms with E-state index in [4.69, 9.17) is 15.2 Å². The van der Waals surface area contributed by atoms with Crippen LogP contribution in [0.2, 0.25) is 0 Å². The molecule has 1 aliphatic heterocycles. The fraction of sp³-hybridized carbons (Fsp3) is 0.529. The summed E-state index contributed by atoms with van der Waals surface area (Å²) in [6.07, 6.45) is 3.92. The molecule has 24 heavy (non-hydrogen) atoms. The van der Waals surface area contributed by atoms with Gasteiger partial charge >= 0.3 is 6.03 Å². The zero-order valence-corrected chi connectivity index (χ0v) is 13.6. The zero-order valence-electron chi connectivity index (χ0n) is 13.6. The summed E-state index contributed by atoms with van der Waals surface area (Å²) in [5.41, 5.74) is 5.89. The van der Waals surface area contributed by atoms with Gasteiger partial charge in [-0.3, -0.25) is 4.79 Å². The first-order chi connectivity index (χ1) is 11.6. The highest BCUT2D eigenvalue weighted by atomic mass is 16.5. The molecule has 1 saturated heterocycles. The average Bonchev–Trinajstić information content (AvgIpc) is 3.10. The number of urea groups is 1. The monoisotopic (exact) mass is 333 g/mol. The van der Waals surface area contributed by atoms with Gasteiger partial charge in [-0.25, -0.2) is 4.79 Å². The minimum atomic E-state index is -0.755. The SMILES string of the molecule is NC(=O)[C@H]1CN(C(=O)Nc2ccccc2OC2CCCC2)CCO1. The predicted molar refractivity (Wildman–Crippen MR) is 88.9 cm³/mol. The zero-order chi connectivity index (χ0) is 16.9. The van der Waals surface area contributed by atoms with Crippen molar-refractivity contribution in [3.63, 3.8) is 0 Å². The largest absolute Gasteiger partial charge is 0.488 e. The highest BCUT2D eigenvalue weighted by Crippen LogP contribution is 2.30. The molecule has 1 aromatic carbocycles. The van der Waals surface area contributed by atoms with Crippen LogP contribution in [0.4, 0.5) is 10.5 Å². The van der Waals surface area contributed by atoms with Gasteiger partial charge in [0.2, 0.25) is 5.91 Å². The molecule has 0 unspecified atom stereocenters. The van der Waals surface area contributed by atoms with E-state index < -0.39 is 12.0 Å². The molecular formula is C17H23N3O4. The number of hydrogen-bond donors (Lipinski definition) is 2. The second-order valence-corrected chi connectivity index (χ2v) is 6.16. The number of carbonyl (C=O) groups is 2. The molecule has 1 heterocycles. The minimum absolute atomic E-state index is 0.160. The molecule has 0 radical (unpaired) electrons. The van der Waals surface area contributed by atoms with Gasteiger partial charge in [0.1, 0.15) is 5.75 Å². The lowest BCUT2D eigenvalue weighted by molar-refractivity contribution is -0.133. The standard InChI is InChI=1S/C17H23N3O4/c18-16(21)15-11-20(9-10-23-15)17(22)19-13-7-3-4-8-14(13)24-12-5-1-2-6-12/h3-4,7-8,12,15H,1-2,5-6,9-11H2,(H2,18,21)(H,19,22)/t15-/m1/s1. The summed E-state index contributed by atoms with van der Waals surface area (Å²) in [4.78, 5) is 25.3. The Labute approximate surface area is 141 Å². The van der Waals surface area contributed by atoms with Crippen molar-refractivity contribution < 1.29 is 19.1 Å². The van der Waals surface area contributed by atoms with Crippen molar-refractivity contribution in [3.05, 3.63) is 24.3 Å². The number of nitrogens with zero attached hydrogens (tertiary/aromatic N) is 1. The van der Waals surface area contributed by atoms with Crippen LogP contribution in [-0.2, 0) is 9.53 Å². The van der Waals surface area contributed by atoms with Gasteiger partial charge in [0, 0.05) is 6.54 Å². The van der Waals surface area contributed by atoms with Gasteiger partial charge in [0.15, 0.2) is 6.10 Å². The second kappa shape index (κ2) is 7.53. The Morgan fingerprint density at radius 1 is 1.25 bits per heavy atom. The van der Waals surface area contributed by atoms with Gasteiger partial charge in [0.05, 0.1) is 24.9 Å². The number of anilines is 1. The van der Waals surface area contributed by atoms with Crippen molar-refractivity contribution in [2.45, 2.75) is 37.9 Å². The van der Waals surface area contributed by atoms with E-state index in [-0.39, 0.29) is 18.7 Å². The summed E-state index contributed by atoms with van der Waals surface area (Å²) in [6.45, 7) is 0.870. The van der Waals surface area contributed by atoms with E-state index >= 15 is 0 Å². The van der Waals surface area contributed by atoms with E-state index in [2.05, 4.69) is 5.32 Å². The molecule has 3 rings (SSSR count). The first-order valence-corrected chi connectivity index (χ1v) is 8.36. The molecule has 0 aromatic heterocycles. The third-order valence-corrected chi connectivity index (χ3v) is 4.40. The molecule has 3 amide bonds. The average molecular weight is 333 g/mol. The number of nitrogens with one attached hydrogen (secondary N) is 1. The van der Waals surface area contributed by atoms with Crippen LogP contribution >= 0.6 is 0 Å². The molecule has 1 aromatic rings. The Balaban J connectivity index is 1.64. The lowest BCUT2D eigenvalue weighted by Gasteiger charge is -2.31. The lowest BCUT2D eigenvalue weighted by Crippen LogP contribution is -2.51. The molecule has 1 saturated carbocycles. The highest BCUT2D eigenvalue weighted by molar-refractivity contribution is 5.91. The Bertz CT molecular complexity index is 601. The molecule has 7 nitrogen and oxygen atoms in total. The van der Waals surface area contributed by atoms with E-state index in [0.717, 1.165) is 12.8 Å². The molecule has 0 bridgehead atoms. The molecule has 130 valence electrons. The van der Waals surface area contributed by atoms with Crippen LogP contribution in [0.15, 0.2) is 24.3 Å². The van der Waals surface area contributed by atoms with Crippen LogP contribution in [-0.4, -0.2) is 48.7 Å². The van der Waals surface area contributed by atoms with Crippen LogP contribution in [0.5, 0.6) is 5.75 Å². The van der Waals surface area contributed by atoms with E-state index in [1.165, 1.54) is 17.7 Å². The van der Waals surface area contributed by atoms with E-state index in [1.807, 2.05) is 24.3 Å². The number of benzene rings is 1. The molecule has 0 spiro atoms. The third-order valence-electron chi connectivity index (χ3n) is 4.40. The molecule has 1 atom stereocenters. The van der Waals surface area contributed by atoms with Gasteiger partial charge in [-0.05, 0) is 37.8 Å². The quantitative estimate of drug-likeness (QED) is 0.877. The van der Waals surface area contributed by atoms with Crippen molar-refractivity contribution in [2.75, 3.05) is 25.0 Å². The lowest BCUT2D eigenvalue weighted by atomic mass is 10.2. The first kappa shape index (κ1) is 16.6. The summed E-state index contributed by atoms with van der Waals surface area (Å²) in [6, 6.07) is 7.13. The number of carbonyl (C=O) groups excluding carboxylic acids is 2. The smallest absolute Gasteiger partial charge is 0.322 e. The maximum atomic E-state index is 12.5. The Morgan fingerprint density at radius 2 is 2.00 bits per heavy atom. The fourth-order valence-electron chi connectivity index (χ4n) is 3.06. The minimum Gasteiger partial charge on any atom is -0.488 e. The van der Waals surface area contributed by atoms with Crippen molar-refractivity contribution >= 4 is 17.6 Å². The second-order valence-electron chi connectivity index (χ2n) is 6.16. The Kier molecular flexibility index (Phi) is 5.20. The van der Waals surface area contributed by atoms with Crippen LogP contribution < -0.4 is 15.8 Å². The summed E-state index contributed by atoms with van der Waals surface area (Å²) in [7, 11) is 0. The maximum absolute atomic E-state index is 12.5. The van der Waals surface area contributed by atoms with E-state index in [0.29, 0.717) is 24.6 Å². The topological polar surface area (TPSA) is 93.9 Å². The van der Waals surface area contributed by atoms with Crippen molar-refractivity contribution in [1.82, 2.24) is 4.90 Å². The predicted octanol–water partition coefficient (Wildman–Crippen LogP) is 1.73. The summed E-state index contributed by atoms with van der Waals surface area (Å²) >= 11 is 0. The van der Waals surface area contributed by atoms with Crippen molar-refractivity contribution in [3.8, 4) is 5.75 Å². The number of amides is 3. The van der Waals surface area contributed by atoms with Gasteiger partial charge in [-0.2, -0.15) is 0 Å². The number of ether oxygens (including phenoxy) is 2. The summed E-state index contributed by atoms with van der Waals surface area (Å²) in [5.74, 6) is 0.120. The number of nitrogens with two attached hydrogens (primary N) is 1.